The highest BCUT2D eigenvalue weighted by Gasteiger charge is 2.43. The van der Waals surface area contributed by atoms with E-state index in [2.05, 4.69) is 4.98 Å². The molecule has 2 aliphatic heterocycles. The molecule has 0 saturated carbocycles. The first-order valence-corrected chi connectivity index (χ1v) is 13.5. The van der Waals surface area contributed by atoms with Crippen LogP contribution in [0.4, 0.5) is 0 Å². The lowest BCUT2D eigenvalue weighted by Gasteiger charge is -2.39. The molecule has 7 nitrogen and oxygen atoms in total. The van der Waals surface area contributed by atoms with Gasteiger partial charge in [0, 0.05) is 49.6 Å². The lowest BCUT2D eigenvalue weighted by molar-refractivity contribution is -0.128. The summed E-state index contributed by atoms with van der Waals surface area (Å²) >= 11 is 0. The molecule has 0 N–H and O–H groups in total. The molecule has 0 atom stereocenters. The maximum Gasteiger partial charge on any atom is 0.273 e. The molecule has 2 amide bonds. The van der Waals surface area contributed by atoms with E-state index >= 15 is 0 Å². The molecule has 2 aliphatic rings. The van der Waals surface area contributed by atoms with E-state index in [1.54, 1.807) is 36.5 Å². The van der Waals surface area contributed by atoms with E-state index in [0.717, 1.165) is 30.6 Å². The first-order valence-electron chi connectivity index (χ1n) is 13.5. The molecule has 1 spiro atoms. The number of benzene rings is 2. The van der Waals surface area contributed by atoms with Crippen molar-refractivity contribution in [2.45, 2.75) is 26.2 Å². The number of para-hydroxylation sites is 1. The Labute approximate surface area is 229 Å². The van der Waals surface area contributed by atoms with E-state index in [4.69, 9.17) is 4.74 Å². The van der Waals surface area contributed by atoms with E-state index in [9.17, 15) is 14.4 Å². The predicted molar refractivity (Wildman–Crippen MR) is 150 cm³/mol. The van der Waals surface area contributed by atoms with Crippen molar-refractivity contribution in [3.05, 3.63) is 101 Å². The van der Waals surface area contributed by atoms with Crippen LogP contribution in [0.25, 0.3) is 6.08 Å². The Morgan fingerprint density at radius 2 is 1.59 bits per heavy atom. The number of aromatic nitrogens is 1. The van der Waals surface area contributed by atoms with Crippen LogP contribution in [0.2, 0.25) is 0 Å². The normalized spacial score (nSPS) is 16.5. The van der Waals surface area contributed by atoms with Crippen molar-refractivity contribution in [1.82, 2.24) is 14.8 Å². The maximum absolute atomic E-state index is 13.5. The predicted octanol–water partition coefficient (Wildman–Crippen LogP) is 4.88. The number of hydrogen-bond acceptors (Lipinski definition) is 5. The number of ketones is 1. The van der Waals surface area contributed by atoms with Gasteiger partial charge in [-0.3, -0.25) is 19.4 Å². The summed E-state index contributed by atoms with van der Waals surface area (Å²) in [6.07, 6.45) is 7.55. The number of hydrogen-bond donors (Lipinski definition) is 0. The van der Waals surface area contributed by atoms with Gasteiger partial charge in [-0.1, -0.05) is 48.5 Å². The first kappa shape index (κ1) is 26.4. The van der Waals surface area contributed by atoms with Crippen LogP contribution in [0.5, 0.6) is 5.75 Å². The molecule has 0 bridgehead atoms. The van der Waals surface area contributed by atoms with E-state index in [1.807, 2.05) is 65.3 Å². The number of piperidine rings is 1. The zero-order valence-electron chi connectivity index (χ0n) is 22.2. The number of likely N-dealkylation sites (tertiary alicyclic amines) is 2. The van der Waals surface area contributed by atoms with E-state index in [0.29, 0.717) is 43.9 Å². The van der Waals surface area contributed by atoms with Crippen LogP contribution >= 0.6 is 0 Å². The number of amides is 2. The van der Waals surface area contributed by atoms with Gasteiger partial charge in [-0.25, -0.2) is 0 Å². The van der Waals surface area contributed by atoms with Gasteiger partial charge in [0.25, 0.3) is 5.91 Å². The summed E-state index contributed by atoms with van der Waals surface area (Å²) in [5.74, 6) is 0.337. The van der Waals surface area contributed by atoms with Gasteiger partial charge in [0.15, 0.2) is 5.78 Å². The van der Waals surface area contributed by atoms with Crippen LogP contribution in [0.3, 0.4) is 0 Å². The zero-order valence-corrected chi connectivity index (χ0v) is 22.2. The third kappa shape index (κ3) is 5.77. The Morgan fingerprint density at radius 3 is 2.33 bits per heavy atom. The lowest BCUT2D eigenvalue weighted by Crippen LogP contribution is -2.44. The second-order valence-corrected chi connectivity index (χ2v) is 10.2. The molecule has 2 aromatic carbocycles. The van der Waals surface area contributed by atoms with Gasteiger partial charge in [0.2, 0.25) is 5.91 Å². The number of carbonyl (C=O) groups is 3. The fraction of sp³-hybridized carbons (Fsp3) is 0.312. The van der Waals surface area contributed by atoms with Crippen molar-refractivity contribution < 1.29 is 19.1 Å². The van der Waals surface area contributed by atoms with Gasteiger partial charge in [0.1, 0.15) is 11.4 Å². The van der Waals surface area contributed by atoms with Gasteiger partial charge in [-0.15, -0.1) is 0 Å². The fourth-order valence-electron chi connectivity index (χ4n) is 5.54. The summed E-state index contributed by atoms with van der Waals surface area (Å²) in [6, 6.07) is 20.0. The van der Waals surface area contributed by atoms with Gasteiger partial charge >= 0.3 is 0 Å². The van der Waals surface area contributed by atoms with Gasteiger partial charge < -0.3 is 14.5 Å². The molecule has 3 heterocycles. The molecule has 2 saturated heterocycles. The van der Waals surface area contributed by atoms with Crippen LogP contribution in [0.15, 0.2) is 79.0 Å². The van der Waals surface area contributed by atoms with E-state index in [-0.39, 0.29) is 28.7 Å². The minimum Gasteiger partial charge on any atom is -0.493 e. The van der Waals surface area contributed by atoms with Crippen molar-refractivity contribution in [3.63, 3.8) is 0 Å². The molecule has 2 fully saturated rings. The Balaban J connectivity index is 1.21. The average molecular weight is 524 g/mol. The van der Waals surface area contributed by atoms with Crippen LogP contribution in [0, 0.1) is 5.41 Å². The molecule has 0 unspecified atom stereocenters. The highest BCUT2D eigenvalue weighted by Crippen LogP contribution is 2.41. The topological polar surface area (TPSA) is 79.8 Å². The van der Waals surface area contributed by atoms with Crippen molar-refractivity contribution in [2.24, 2.45) is 5.41 Å². The van der Waals surface area contributed by atoms with Gasteiger partial charge in [-0.05, 0) is 55.9 Å². The summed E-state index contributed by atoms with van der Waals surface area (Å²) in [5, 5.41) is 0. The monoisotopic (exact) mass is 523 g/mol. The molecular weight excluding hydrogens is 490 g/mol. The van der Waals surface area contributed by atoms with Crippen molar-refractivity contribution in [1.29, 1.82) is 0 Å². The third-order valence-electron chi connectivity index (χ3n) is 7.78. The average Bonchev–Trinajstić information content (AvgIpc) is 3.40. The highest BCUT2D eigenvalue weighted by atomic mass is 16.5. The van der Waals surface area contributed by atoms with E-state index < -0.39 is 0 Å². The zero-order chi connectivity index (χ0) is 27.2. The van der Waals surface area contributed by atoms with E-state index in [1.165, 1.54) is 0 Å². The third-order valence-corrected chi connectivity index (χ3v) is 7.78. The number of nitrogens with zero attached hydrogens (tertiary/aromatic N) is 3. The standard InChI is InChI=1S/C32H33N3O4/c1-2-39-27-13-7-6-9-24(27)14-15-28(36)34-20-16-32(17-21-34)18-22-35(23-32)31(38)29-26(12-8-19-33-29)30(37)25-10-4-3-5-11-25/h3-15,19H,2,16-18,20-23H2,1H3. The highest BCUT2D eigenvalue weighted by molar-refractivity contribution is 6.14. The first-order chi connectivity index (χ1) is 19.0. The van der Waals surface area contributed by atoms with Gasteiger partial charge in [-0.2, -0.15) is 0 Å². The Hall–Kier alpha value is -4.26. The molecule has 7 heteroatoms. The second-order valence-electron chi connectivity index (χ2n) is 10.2. The SMILES string of the molecule is CCOc1ccccc1C=CC(=O)N1CCC2(CC1)CCN(C(=O)c1ncccc1C(=O)c1ccccc1)C2. The molecule has 3 aromatic rings. The molecule has 1 aromatic heterocycles. The van der Waals surface area contributed by atoms with Crippen molar-refractivity contribution in [3.8, 4) is 5.75 Å². The minimum absolute atomic E-state index is 0.0142. The summed E-state index contributed by atoms with van der Waals surface area (Å²) < 4.78 is 5.65. The molecule has 0 radical (unpaired) electrons. The summed E-state index contributed by atoms with van der Waals surface area (Å²) in [4.78, 5) is 47.6. The maximum atomic E-state index is 13.5. The van der Waals surface area contributed by atoms with Crippen LogP contribution in [0.1, 0.15) is 58.2 Å². The van der Waals surface area contributed by atoms with Crippen LogP contribution in [-0.2, 0) is 4.79 Å². The summed E-state index contributed by atoms with van der Waals surface area (Å²) in [6.45, 7) is 5.04. The molecule has 39 heavy (non-hydrogen) atoms. The lowest BCUT2D eigenvalue weighted by atomic mass is 9.77. The number of ether oxygens (including phenoxy) is 1. The second kappa shape index (κ2) is 11.6. The van der Waals surface area contributed by atoms with Crippen LogP contribution in [-0.4, -0.2) is 65.2 Å². The van der Waals surface area contributed by atoms with Crippen molar-refractivity contribution in [2.75, 3.05) is 32.8 Å². The number of pyridine rings is 1. The molecule has 0 aliphatic carbocycles. The smallest absolute Gasteiger partial charge is 0.273 e. The Morgan fingerprint density at radius 1 is 0.897 bits per heavy atom. The fourth-order valence-corrected chi connectivity index (χ4v) is 5.54. The largest absolute Gasteiger partial charge is 0.493 e. The Bertz CT molecular complexity index is 1380. The molecular formula is C32H33N3O4. The van der Waals surface area contributed by atoms with Crippen LogP contribution < -0.4 is 4.74 Å². The number of carbonyl (C=O) groups excluding carboxylic acids is 3. The van der Waals surface area contributed by atoms with Crippen molar-refractivity contribution >= 4 is 23.7 Å². The van der Waals surface area contributed by atoms with Gasteiger partial charge in [0.05, 0.1) is 12.2 Å². The Kier molecular flexibility index (Phi) is 7.87. The summed E-state index contributed by atoms with van der Waals surface area (Å²) in [5.41, 5.74) is 1.92. The number of rotatable bonds is 7. The summed E-state index contributed by atoms with van der Waals surface area (Å²) in [7, 11) is 0. The molecule has 5 rings (SSSR count). The molecule has 200 valence electrons. The quantitative estimate of drug-likeness (QED) is 0.326. The minimum atomic E-state index is -0.207.